The van der Waals surface area contributed by atoms with Gasteiger partial charge >= 0.3 is 0 Å². The van der Waals surface area contributed by atoms with Gasteiger partial charge in [-0.05, 0) is 30.5 Å². The lowest BCUT2D eigenvalue weighted by atomic mass is 10.3. The van der Waals surface area contributed by atoms with Gasteiger partial charge in [-0.1, -0.05) is 11.8 Å². The van der Waals surface area contributed by atoms with E-state index >= 15 is 0 Å². The number of nitrogens with two attached hydrogens (primary N) is 1. The minimum absolute atomic E-state index is 0.0800. The molecule has 0 saturated carbocycles. The zero-order valence-corrected chi connectivity index (χ0v) is 14.7. The van der Waals surface area contributed by atoms with Crippen LogP contribution in [0, 0.1) is 11.3 Å². The number of nitrogen functional groups attached to an aromatic ring is 1. The summed E-state index contributed by atoms with van der Waals surface area (Å²) in [6, 6.07) is 9.07. The predicted octanol–water partition coefficient (Wildman–Crippen LogP) is 2.39. The minimum Gasteiger partial charge on any atom is -0.497 e. The monoisotopic (exact) mass is 361 g/mol. The average Bonchev–Trinajstić information content (AvgIpc) is 2.60. The smallest absolute Gasteiger partial charge is 0.234 e. The number of hydrogen-bond donors (Lipinski definition) is 2. The SMILES string of the molecule is COc1ccc(NC(=O)CSc2nc(N)nc(SC)c2C#N)cc1. The van der Waals surface area contributed by atoms with Gasteiger partial charge in [-0.3, -0.25) is 4.79 Å². The van der Waals surface area contributed by atoms with Gasteiger partial charge in [-0.25, -0.2) is 9.97 Å². The number of methoxy groups -OCH3 is 1. The number of amides is 1. The molecule has 1 heterocycles. The molecule has 9 heteroatoms. The third-order valence-electron chi connectivity index (χ3n) is 2.88. The van der Waals surface area contributed by atoms with Crippen LogP contribution in [0.25, 0.3) is 0 Å². The second-order valence-corrected chi connectivity index (χ2v) is 6.21. The van der Waals surface area contributed by atoms with Crippen LogP contribution in [0.4, 0.5) is 11.6 Å². The molecule has 7 nitrogen and oxygen atoms in total. The van der Waals surface area contributed by atoms with E-state index in [-0.39, 0.29) is 17.6 Å². The molecule has 0 fully saturated rings. The fourth-order valence-electron chi connectivity index (χ4n) is 1.79. The number of nitriles is 1. The minimum atomic E-state index is -0.211. The highest BCUT2D eigenvalue weighted by atomic mass is 32.2. The van der Waals surface area contributed by atoms with Crippen molar-refractivity contribution < 1.29 is 9.53 Å². The fraction of sp³-hybridized carbons (Fsp3) is 0.200. The largest absolute Gasteiger partial charge is 0.497 e. The number of aromatic nitrogens is 2. The van der Waals surface area contributed by atoms with Crippen molar-refractivity contribution in [3.63, 3.8) is 0 Å². The van der Waals surface area contributed by atoms with Crippen molar-refractivity contribution in [1.29, 1.82) is 5.26 Å². The van der Waals surface area contributed by atoms with E-state index in [1.54, 1.807) is 37.6 Å². The van der Waals surface area contributed by atoms with E-state index in [4.69, 9.17) is 10.5 Å². The Morgan fingerprint density at radius 1 is 1.33 bits per heavy atom. The Labute approximate surface area is 148 Å². The number of thioether (sulfide) groups is 2. The molecule has 0 radical (unpaired) electrons. The van der Waals surface area contributed by atoms with Gasteiger partial charge in [0.2, 0.25) is 11.9 Å². The zero-order chi connectivity index (χ0) is 17.5. The number of rotatable bonds is 6. The molecule has 1 aromatic carbocycles. The van der Waals surface area contributed by atoms with Gasteiger partial charge in [-0.15, -0.1) is 11.8 Å². The standard InChI is InChI=1S/C15H15N5O2S2/c1-22-10-5-3-9(4-6-10)18-12(21)8-24-14-11(7-16)13(23-2)19-15(17)20-14/h3-6H,8H2,1-2H3,(H,18,21)(H2,17,19,20). The first kappa shape index (κ1) is 17.9. The van der Waals surface area contributed by atoms with Gasteiger partial charge in [0.25, 0.3) is 0 Å². The molecule has 0 saturated heterocycles. The number of benzene rings is 1. The number of nitrogens with zero attached hydrogens (tertiary/aromatic N) is 3. The van der Waals surface area contributed by atoms with E-state index in [0.717, 1.165) is 11.8 Å². The molecular weight excluding hydrogens is 346 g/mol. The third-order valence-corrected chi connectivity index (χ3v) is 4.54. The van der Waals surface area contributed by atoms with E-state index in [2.05, 4.69) is 21.4 Å². The first-order chi connectivity index (χ1) is 11.6. The summed E-state index contributed by atoms with van der Waals surface area (Å²) in [4.78, 5) is 20.1. The summed E-state index contributed by atoms with van der Waals surface area (Å²) in [7, 11) is 1.58. The van der Waals surface area contributed by atoms with Crippen LogP contribution in [-0.4, -0.2) is 35.0 Å². The summed E-state index contributed by atoms with van der Waals surface area (Å²) >= 11 is 2.46. The highest BCUT2D eigenvalue weighted by molar-refractivity contribution is 8.00. The van der Waals surface area contributed by atoms with Crippen molar-refractivity contribution in [2.75, 3.05) is 30.2 Å². The Balaban J connectivity index is 2.03. The first-order valence-electron chi connectivity index (χ1n) is 6.75. The van der Waals surface area contributed by atoms with Crippen molar-refractivity contribution in [2.24, 2.45) is 0 Å². The highest BCUT2D eigenvalue weighted by Gasteiger charge is 2.15. The summed E-state index contributed by atoms with van der Waals surface area (Å²) in [6.45, 7) is 0. The van der Waals surface area contributed by atoms with Crippen molar-refractivity contribution in [2.45, 2.75) is 10.1 Å². The van der Waals surface area contributed by atoms with Crippen LogP contribution in [-0.2, 0) is 4.79 Å². The summed E-state index contributed by atoms with van der Waals surface area (Å²) in [6.07, 6.45) is 1.80. The predicted molar refractivity (Wildman–Crippen MR) is 95.3 cm³/mol. The van der Waals surface area contributed by atoms with Gasteiger partial charge < -0.3 is 15.8 Å². The number of anilines is 2. The van der Waals surface area contributed by atoms with Gasteiger partial charge in [-0.2, -0.15) is 5.26 Å². The molecule has 2 rings (SSSR count). The quantitative estimate of drug-likeness (QED) is 0.595. The lowest BCUT2D eigenvalue weighted by molar-refractivity contribution is -0.113. The van der Waals surface area contributed by atoms with Gasteiger partial charge in [0, 0.05) is 5.69 Å². The summed E-state index contributed by atoms with van der Waals surface area (Å²) in [5.41, 5.74) is 6.64. The van der Waals surface area contributed by atoms with Crippen molar-refractivity contribution in [1.82, 2.24) is 9.97 Å². The van der Waals surface area contributed by atoms with E-state index in [0.29, 0.717) is 27.1 Å². The molecule has 0 bridgehead atoms. The normalized spacial score (nSPS) is 10.0. The Morgan fingerprint density at radius 2 is 2.00 bits per heavy atom. The highest BCUT2D eigenvalue weighted by Crippen LogP contribution is 2.27. The molecule has 0 aliphatic rings. The molecule has 0 unspecified atom stereocenters. The molecule has 0 aliphatic heterocycles. The second-order valence-electron chi connectivity index (χ2n) is 4.45. The molecule has 0 aliphatic carbocycles. The number of ether oxygens (including phenoxy) is 1. The molecular formula is C15H15N5O2S2. The lowest BCUT2D eigenvalue weighted by Crippen LogP contribution is -2.14. The van der Waals surface area contributed by atoms with Gasteiger partial charge in [0.05, 0.1) is 12.9 Å². The van der Waals surface area contributed by atoms with E-state index in [1.807, 2.05) is 0 Å². The maximum Gasteiger partial charge on any atom is 0.234 e. The summed E-state index contributed by atoms with van der Waals surface area (Å²) < 4.78 is 5.06. The zero-order valence-electron chi connectivity index (χ0n) is 13.1. The van der Waals surface area contributed by atoms with Gasteiger partial charge in [0.15, 0.2) is 0 Å². The van der Waals surface area contributed by atoms with Crippen molar-refractivity contribution >= 4 is 41.1 Å². The maximum absolute atomic E-state index is 12.1. The number of carbonyl (C=O) groups is 1. The van der Waals surface area contributed by atoms with Crippen molar-refractivity contribution in [3.05, 3.63) is 29.8 Å². The molecule has 1 aromatic heterocycles. The lowest BCUT2D eigenvalue weighted by Gasteiger charge is -2.08. The molecule has 1 amide bonds. The van der Waals surface area contributed by atoms with Gasteiger partial charge in [0.1, 0.15) is 27.4 Å². The van der Waals surface area contributed by atoms with Crippen LogP contribution in [0.5, 0.6) is 5.75 Å². The van der Waals surface area contributed by atoms with Crippen LogP contribution in [0.1, 0.15) is 5.56 Å². The van der Waals surface area contributed by atoms with Crippen LogP contribution in [0.2, 0.25) is 0 Å². The number of carbonyl (C=O) groups excluding carboxylic acids is 1. The Kier molecular flexibility index (Phi) is 6.28. The van der Waals surface area contributed by atoms with E-state index in [9.17, 15) is 10.1 Å². The number of hydrogen-bond acceptors (Lipinski definition) is 8. The Morgan fingerprint density at radius 3 is 2.58 bits per heavy atom. The van der Waals surface area contributed by atoms with E-state index < -0.39 is 0 Å². The fourth-order valence-corrected chi connectivity index (χ4v) is 3.17. The molecule has 24 heavy (non-hydrogen) atoms. The van der Waals surface area contributed by atoms with Crippen molar-refractivity contribution in [3.8, 4) is 11.8 Å². The Bertz CT molecular complexity index is 775. The topological polar surface area (TPSA) is 114 Å². The number of nitrogens with one attached hydrogen (secondary N) is 1. The van der Waals surface area contributed by atoms with Crippen LogP contribution in [0.15, 0.2) is 34.3 Å². The molecule has 0 atom stereocenters. The molecule has 0 spiro atoms. The Hall–Kier alpha value is -2.44. The molecule has 124 valence electrons. The summed E-state index contributed by atoms with van der Waals surface area (Å²) in [5, 5.41) is 12.9. The van der Waals surface area contributed by atoms with Crippen LogP contribution < -0.4 is 15.8 Å². The second kappa shape index (κ2) is 8.42. The third kappa shape index (κ3) is 4.53. The first-order valence-corrected chi connectivity index (χ1v) is 8.96. The molecule has 2 aromatic rings. The van der Waals surface area contributed by atoms with Crippen LogP contribution >= 0.6 is 23.5 Å². The van der Waals surface area contributed by atoms with Crippen LogP contribution in [0.3, 0.4) is 0 Å². The average molecular weight is 361 g/mol. The summed E-state index contributed by atoms with van der Waals surface area (Å²) in [5.74, 6) is 0.681. The maximum atomic E-state index is 12.1. The molecule has 3 N–H and O–H groups in total. The van der Waals surface area contributed by atoms with E-state index in [1.165, 1.54) is 11.8 Å².